The molecule has 6 nitrogen and oxygen atoms in total. The van der Waals surface area contributed by atoms with Gasteiger partial charge in [0.2, 0.25) is 5.91 Å². The molecule has 3 aromatic heterocycles. The highest BCUT2D eigenvalue weighted by atomic mass is 32.1. The Kier molecular flexibility index (Phi) is 4.52. The van der Waals surface area contributed by atoms with Gasteiger partial charge in [-0.15, -0.1) is 11.3 Å². The highest BCUT2D eigenvalue weighted by Crippen LogP contribution is 2.33. The average Bonchev–Trinajstić information content (AvgIpc) is 3.13. The zero-order valence-corrected chi connectivity index (χ0v) is 15.5. The third kappa shape index (κ3) is 3.50. The van der Waals surface area contributed by atoms with Gasteiger partial charge in [0.15, 0.2) is 5.82 Å². The molecule has 0 aliphatic carbocycles. The molecular weight excluding hydrogens is 358 g/mol. The Labute approximate surface area is 160 Å². The highest BCUT2D eigenvalue weighted by Gasteiger charge is 2.13. The second-order valence-electron chi connectivity index (χ2n) is 5.99. The molecule has 3 N–H and O–H groups in total. The summed E-state index contributed by atoms with van der Waals surface area (Å²) in [6.45, 7) is 2.12. The van der Waals surface area contributed by atoms with Gasteiger partial charge in [-0.2, -0.15) is 0 Å². The number of primary amides is 1. The second-order valence-corrected chi connectivity index (χ2v) is 7.10. The molecular formula is C20H17N5OS. The Morgan fingerprint density at radius 3 is 2.67 bits per heavy atom. The van der Waals surface area contributed by atoms with Crippen LogP contribution in [0.1, 0.15) is 22.2 Å². The number of nitrogens with one attached hydrogen (secondary N) is 1. The van der Waals surface area contributed by atoms with E-state index in [-0.39, 0.29) is 0 Å². The number of aryl methyl sites for hydroxylation is 1. The van der Waals surface area contributed by atoms with Crippen LogP contribution in [-0.4, -0.2) is 20.9 Å². The van der Waals surface area contributed by atoms with Crippen LogP contribution in [0, 0.1) is 0 Å². The van der Waals surface area contributed by atoms with Crippen LogP contribution < -0.4 is 11.1 Å². The molecule has 134 valence electrons. The van der Waals surface area contributed by atoms with E-state index in [1.54, 1.807) is 35.9 Å². The van der Waals surface area contributed by atoms with Crippen LogP contribution in [0.5, 0.6) is 0 Å². The maximum atomic E-state index is 11.3. The number of hydrogen-bond acceptors (Lipinski definition) is 6. The molecule has 7 heteroatoms. The lowest BCUT2D eigenvalue weighted by atomic mass is 10.2. The Morgan fingerprint density at radius 1 is 1.19 bits per heavy atom. The fourth-order valence-corrected chi connectivity index (χ4v) is 3.69. The van der Waals surface area contributed by atoms with Crippen molar-refractivity contribution in [2.75, 3.05) is 5.32 Å². The van der Waals surface area contributed by atoms with E-state index in [1.165, 1.54) is 4.88 Å². The second kappa shape index (κ2) is 7.13. The molecule has 0 saturated carbocycles. The minimum Gasteiger partial charge on any atom is -0.366 e. The van der Waals surface area contributed by atoms with E-state index in [4.69, 9.17) is 15.7 Å². The third-order valence-corrected chi connectivity index (χ3v) is 5.32. The van der Waals surface area contributed by atoms with Gasteiger partial charge in [0.05, 0.1) is 5.39 Å². The van der Waals surface area contributed by atoms with Gasteiger partial charge in [0.1, 0.15) is 10.6 Å². The van der Waals surface area contributed by atoms with Crippen molar-refractivity contribution in [2.45, 2.75) is 13.3 Å². The fraction of sp³-hybridized carbons (Fsp3) is 0.100. The summed E-state index contributed by atoms with van der Waals surface area (Å²) >= 11 is 1.66. The smallest absolute Gasteiger partial charge is 0.248 e. The summed E-state index contributed by atoms with van der Waals surface area (Å²) < 4.78 is 0. The largest absolute Gasteiger partial charge is 0.366 e. The van der Waals surface area contributed by atoms with Crippen molar-refractivity contribution in [1.29, 1.82) is 0 Å². The first kappa shape index (κ1) is 17.1. The van der Waals surface area contributed by atoms with Crippen LogP contribution in [0.2, 0.25) is 0 Å². The minimum absolute atomic E-state index is 0.449. The third-order valence-electron chi connectivity index (χ3n) is 4.14. The quantitative estimate of drug-likeness (QED) is 0.546. The lowest BCUT2D eigenvalue weighted by molar-refractivity contribution is 0.100. The Bertz CT molecular complexity index is 1110. The van der Waals surface area contributed by atoms with Crippen molar-refractivity contribution >= 4 is 39.0 Å². The molecule has 3 heterocycles. The van der Waals surface area contributed by atoms with Gasteiger partial charge in [0, 0.05) is 34.1 Å². The summed E-state index contributed by atoms with van der Waals surface area (Å²) in [7, 11) is 0. The summed E-state index contributed by atoms with van der Waals surface area (Å²) in [6.07, 6.45) is 4.42. The molecule has 1 aromatic carbocycles. The van der Waals surface area contributed by atoms with E-state index in [0.717, 1.165) is 33.7 Å². The number of amides is 1. The molecule has 4 aromatic rings. The van der Waals surface area contributed by atoms with Gasteiger partial charge >= 0.3 is 0 Å². The first-order valence-electron chi connectivity index (χ1n) is 8.52. The number of thiophene rings is 1. The van der Waals surface area contributed by atoms with Crippen molar-refractivity contribution < 1.29 is 4.79 Å². The lowest BCUT2D eigenvalue weighted by Crippen LogP contribution is -2.10. The molecule has 0 radical (unpaired) electrons. The monoisotopic (exact) mass is 375 g/mol. The van der Waals surface area contributed by atoms with Crippen LogP contribution >= 0.6 is 11.3 Å². The van der Waals surface area contributed by atoms with E-state index in [9.17, 15) is 4.79 Å². The molecule has 0 fully saturated rings. The van der Waals surface area contributed by atoms with E-state index < -0.39 is 5.91 Å². The predicted octanol–water partition coefficient (Wildman–Crippen LogP) is 4.16. The summed E-state index contributed by atoms with van der Waals surface area (Å²) in [5.74, 6) is 0.897. The molecule has 1 amide bonds. The van der Waals surface area contributed by atoms with Gasteiger partial charge in [-0.05, 0) is 48.9 Å². The number of benzene rings is 1. The van der Waals surface area contributed by atoms with Crippen molar-refractivity contribution in [3.63, 3.8) is 0 Å². The standard InChI is InChI=1S/C20H17N5OS/c1-2-15-10-16-19(23-14-7-5-12(6-8-14)17(21)26)24-18(25-20(16)27-15)13-4-3-9-22-11-13/h3-11H,2H2,1H3,(H2,21,26)(H,23,24,25). The van der Waals surface area contributed by atoms with Gasteiger partial charge in [-0.25, -0.2) is 9.97 Å². The Balaban J connectivity index is 1.79. The molecule has 4 rings (SSSR count). The van der Waals surface area contributed by atoms with Gasteiger partial charge < -0.3 is 11.1 Å². The van der Waals surface area contributed by atoms with Crippen molar-refractivity contribution in [1.82, 2.24) is 15.0 Å². The number of pyridine rings is 1. The molecule has 27 heavy (non-hydrogen) atoms. The van der Waals surface area contributed by atoms with Crippen LogP contribution in [0.3, 0.4) is 0 Å². The molecule has 0 aliphatic rings. The molecule has 0 saturated heterocycles. The van der Waals surface area contributed by atoms with Crippen LogP contribution in [0.25, 0.3) is 21.6 Å². The van der Waals surface area contributed by atoms with Crippen molar-refractivity contribution in [3.8, 4) is 11.4 Å². The van der Waals surface area contributed by atoms with E-state index in [1.807, 2.05) is 24.3 Å². The number of nitrogens with two attached hydrogens (primary N) is 1. The number of nitrogens with zero attached hydrogens (tertiary/aromatic N) is 3. The molecule has 0 spiro atoms. The fourth-order valence-electron chi connectivity index (χ4n) is 2.72. The minimum atomic E-state index is -0.449. The Hall–Kier alpha value is -3.32. The number of carbonyl (C=O) groups excluding carboxylic acids is 1. The maximum Gasteiger partial charge on any atom is 0.248 e. The lowest BCUT2D eigenvalue weighted by Gasteiger charge is -2.09. The normalized spacial score (nSPS) is 10.9. The number of anilines is 2. The predicted molar refractivity (Wildman–Crippen MR) is 108 cm³/mol. The van der Waals surface area contributed by atoms with Crippen LogP contribution in [0.15, 0.2) is 54.9 Å². The summed E-state index contributed by atoms with van der Waals surface area (Å²) in [5, 5.41) is 4.32. The number of aromatic nitrogens is 3. The maximum absolute atomic E-state index is 11.3. The van der Waals surface area contributed by atoms with Crippen molar-refractivity contribution in [3.05, 3.63) is 65.3 Å². The molecule has 0 unspecified atom stereocenters. The van der Waals surface area contributed by atoms with Gasteiger partial charge in [-0.1, -0.05) is 6.92 Å². The first-order chi connectivity index (χ1) is 13.1. The summed E-state index contributed by atoms with van der Waals surface area (Å²) in [6, 6.07) is 12.9. The van der Waals surface area contributed by atoms with Crippen molar-refractivity contribution in [2.24, 2.45) is 5.73 Å². The first-order valence-corrected chi connectivity index (χ1v) is 9.33. The molecule has 0 aliphatic heterocycles. The number of carbonyl (C=O) groups is 1. The SMILES string of the molecule is CCc1cc2c(Nc3ccc(C(N)=O)cc3)nc(-c3cccnc3)nc2s1. The zero-order chi connectivity index (χ0) is 18.8. The van der Waals surface area contributed by atoms with E-state index in [0.29, 0.717) is 11.4 Å². The van der Waals surface area contributed by atoms with E-state index >= 15 is 0 Å². The number of hydrogen-bond donors (Lipinski definition) is 2. The van der Waals surface area contributed by atoms with Gasteiger partial charge in [-0.3, -0.25) is 9.78 Å². The number of fused-ring (bicyclic) bond motifs is 1. The number of rotatable bonds is 5. The van der Waals surface area contributed by atoms with Gasteiger partial charge in [0.25, 0.3) is 0 Å². The van der Waals surface area contributed by atoms with E-state index in [2.05, 4.69) is 23.3 Å². The zero-order valence-electron chi connectivity index (χ0n) is 14.6. The topological polar surface area (TPSA) is 93.8 Å². The van der Waals surface area contributed by atoms with Crippen LogP contribution in [-0.2, 0) is 6.42 Å². The molecule has 0 bridgehead atoms. The summed E-state index contributed by atoms with van der Waals surface area (Å²) in [5.41, 5.74) is 7.45. The summed E-state index contributed by atoms with van der Waals surface area (Å²) in [4.78, 5) is 27.0. The highest BCUT2D eigenvalue weighted by molar-refractivity contribution is 7.18. The average molecular weight is 375 g/mol. The van der Waals surface area contributed by atoms with Crippen LogP contribution in [0.4, 0.5) is 11.5 Å². The molecule has 0 atom stereocenters. The Morgan fingerprint density at radius 2 is 2.00 bits per heavy atom.